The van der Waals surface area contributed by atoms with E-state index < -0.39 is 28.5 Å². The van der Waals surface area contributed by atoms with Gasteiger partial charge in [-0.25, -0.2) is 8.42 Å². The highest BCUT2D eigenvalue weighted by Gasteiger charge is 2.35. The molecule has 0 radical (unpaired) electrons. The minimum absolute atomic E-state index is 0.00711. The van der Waals surface area contributed by atoms with E-state index in [2.05, 4.69) is 5.32 Å². The third-order valence-electron chi connectivity index (χ3n) is 9.46. The van der Waals surface area contributed by atoms with Gasteiger partial charge in [-0.15, -0.1) is 0 Å². The Morgan fingerprint density at radius 2 is 1.40 bits per heavy atom. The summed E-state index contributed by atoms with van der Waals surface area (Å²) in [5.41, 5.74) is 2.76. The van der Waals surface area contributed by atoms with E-state index in [1.807, 2.05) is 73.7 Å². The van der Waals surface area contributed by atoms with Crippen LogP contribution in [0.1, 0.15) is 48.8 Å². The topological polar surface area (TPSA) is 96.0 Å². The number of amides is 2. The van der Waals surface area contributed by atoms with E-state index in [1.165, 1.54) is 17.0 Å². The Morgan fingerprint density at radius 1 is 0.774 bits per heavy atom. The van der Waals surface area contributed by atoms with Crippen molar-refractivity contribution in [2.75, 3.05) is 10.8 Å². The summed E-state index contributed by atoms with van der Waals surface area (Å²) < 4.78 is 36.0. The van der Waals surface area contributed by atoms with E-state index in [0.29, 0.717) is 22.1 Å². The first kappa shape index (κ1) is 37.6. The number of nitrogens with zero attached hydrogens (tertiary/aromatic N) is 2. The summed E-state index contributed by atoms with van der Waals surface area (Å²) in [6.07, 6.45) is 5.17. The highest BCUT2D eigenvalue weighted by atomic mass is 35.5. The summed E-state index contributed by atoms with van der Waals surface area (Å²) in [5, 5.41) is 3.73. The second-order valence-corrected chi connectivity index (χ2v) is 15.7. The molecule has 5 aromatic carbocycles. The lowest BCUT2D eigenvalue weighted by molar-refractivity contribution is -0.140. The Hall–Kier alpha value is -5.12. The molecule has 1 fully saturated rings. The lowest BCUT2D eigenvalue weighted by atomic mass is 9.94. The van der Waals surface area contributed by atoms with E-state index >= 15 is 0 Å². The third kappa shape index (κ3) is 10.1. The molecule has 0 aromatic heterocycles. The number of carbonyl (C=O) groups excluding carboxylic acids is 2. The molecule has 5 aromatic rings. The number of aryl methyl sites for hydroxylation is 1. The number of halogens is 1. The second kappa shape index (κ2) is 17.6. The maximum absolute atomic E-state index is 14.9. The molecule has 1 N–H and O–H groups in total. The number of benzene rings is 5. The number of rotatable bonds is 14. The fourth-order valence-electron chi connectivity index (χ4n) is 6.60. The molecular formula is C43H44ClN3O5S. The number of anilines is 1. The minimum Gasteiger partial charge on any atom is -0.457 e. The molecule has 1 unspecified atom stereocenters. The van der Waals surface area contributed by atoms with Crippen LogP contribution in [0.4, 0.5) is 5.69 Å². The average Bonchev–Trinajstić information content (AvgIpc) is 3.17. The Balaban J connectivity index is 1.38. The van der Waals surface area contributed by atoms with Gasteiger partial charge in [0.25, 0.3) is 10.0 Å². The average molecular weight is 750 g/mol. The number of carbonyl (C=O) groups is 2. The predicted octanol–water partition coefficient (Wildman–Crippen LogP) is 8.73. The van der Waals surface area contributed by atoms with Crippen molar-refractivity contribution in [1.29, 1.82) is 0 Å². The first-order valence-electron chi connectivity index (χ1n) is 18.0. The van der Waals surface area contributed by atoms with Crippen molar-refractivity contribution in [1.82, 2.24) is 10.2 Å². The number of ether oxygens (including phenoxy) is 1. The fraction of sp³-hybridized carbons (Fsp3) is 0.256. The molecule has 8 nitrogen and oxygen atoms in total. The molecule has 0 saturated heterocycles. The summed E-state index contributed by atoms with van der Waals surface area (Å²) in [4.78, 5) is 30.7. The van der Waals surface area contributed by atoms with Crippen LogP contribution in [0.15, 0.2) is 138 Å². The number of sulfonamides is 1. The van der Waals surface area contributed by atoms with Gasteiger partial charge in [0.1, 0.15) is 24.1 Å². The van der Waals surface area contributed by atoms with Gasteiger partial charge in [-0.2, -0.15) is 0 Å². The van der Waals surface area contributed by atoms with Crippen molar-refractivity contribution >= 4 is 39.1 Å². The van der Waals surface area contributed by atoms with Gasteiger partial charge in [0.05, 0.1) is 10.6 Å². The lowest BCUT2D eigenvalue weighted by Crippen LogP contribution is -2.55. The van der Waals surface area contributed by atoms with Gasteiger partial charge < -0.3 is 15.0 Å². The number of hydrogen-bond acceptors (Lipinski definition) is 5. The number of hydrogen-bond donors (Lipinski definition) is 1. The molecule has 1 aliphatic carbocycles. The summed E-state index contributed by atoms with van der Waals surface area (Å²) >= 11 is 6.40. The maximum atomic E-state index is 14.9. The molecular weight excluding hydrogens is 706 g/mol. The van der Waals surface area contributed by atoms with Crippen LogP contribution >= 0.6 is 11.6 Å². The largest absolute Gasteiger partial charge is 0.457 e. The van der Waals surface area contributed by atoms with E-state index in [1.54, 1.807) is 54.6 Å². The van der Waals surface area contributed by atoms with Gasteiger partial charge in [0.2, 0.25) is 11.8 Å². The van der Waals surface area contributed by atoms with Crippen LogP contribution in [-0.2, 0) is 32.6 Å². The van der Waals surface area contributed by atoms with Crippen molar-refractivity contribution in [3.05, 3.63) is 155 Å². The third-order valence-corrected chi connectivity index (χ3v) is 11.5. The quantitative estimate of drug-likeness (QED) is 0.123. The molecule has 0 spiro atoms. The van der Waals surface area contributed by atoms with E-state index in [0.717, 1.165) is 47.5 Å². The molecule has 6 rings (SSSR count). The van der Waals surface area contributed by atoms with Gasteiger partial charge >= 0.3 is 0 Å². The van der Waals surface area contributed by atoms with E-state index in [4.69, 9.17) is 16.3 Å². The van der Waals surface area contributed by atoms with Gasteiger partial charge in [0, 0.05) is 24.0 Å². The molecule has 0 bridgehead atoms. The van der Waals surface area contributed by atoms with Gasteiger partial charge in [-0.1, -0.05) is 109 Å². The van der Waals surface area contributed by atoms with Crippen molar-refractivity contribution < 1.29 is 22.7 Å². The Bertz CT molecular complexity index is 2070. The first-order valence-corrected chi connectivity index (χ1v) is 19.8. The molecule has 1 atom stereocenters. The van der Waals surface area contributed by atoms with Crippen LogP contribution in [0.2, 0.25) is 5.02 Å². The van der Waals surface area contributed by atoms with Crippen molar-refractivity contribution in [2.45, 2.75) is 69.0 Å². The maximum Gasteiger partial charge on any atom is 0.264 e. The van der Waals surface area contributed by atoms with E-state index in [-0.39, 0.29) is 35.5 Å². The summed E-state index contributed by atoms with van der Waals surface area (Å²) in [6, 6.07) is 38.1. The minimum atomic E-state index is -4.25. The number of para-hydroxylation sites is 1. The predicted molar refractivity (Wildman–Crippen MR) is 210 cm³/mol. The van der Waals surface area contributed by atoms with Crippen molar-refractivity contribution in [2.24, 2.45) is 0 Å². The lowest BCUT2D eigenvalue weighted by Gasteiger charge is -2.35. The molecule has 1 aliphatic rings. The highest BCUT2D eigenvalue weighted by Crippen LogP contribution is 2.29. The molecule has 274 valence electrons. The van der Waals surface area contributed by atoms with Crippen LogP contribution in [0.25, 0.3) is 0 Å². The first-order chi connectivity index (χ1) is 25.7. The highest BCUT2D eigenvalue weighted by molar-refractivity contribution is 7.92. The van der Waals surface area contributed by atoms with Crippen LogP contribution in [0, 0.1) is 6.92 Å². The molecule has 53 heavy (non-hydrogen) atoms. The standard InChI is InChI=1S/C43H44ClN3O5S/c1-32-20-26-40(27-21-32)53(50,51)47(37-22-24-39(25-23-37)52-38-18-9-4-10-19-38)31-42(48)46(30-34-14-11-15-35(44)28-34)41(29-33-12-5-2-6-13-33)43(49)45-36-16-7-3-8-17-36/h2,4-6,9-15,18-28,36,41H,3,7-8,16-17,29-31H2,1H3,(H,45,49). The van der Waals surface area contributed by atoms with Gasteiger partial charge in [-0.3, -0.25) is 13.9 Å². The van der Waals surface area contributed by atoms with Crippen LogP contribution in [0.3, 0.4) is 0 Å². The Morgan fingerprint density at radius 3 is 2.06 bits per heavy atom. The van der Waals surface area contributed by atoms with Crippen molar-refractivity contribution in [3.8, 4) is 11.5 Å². The summed E-state index contributed by atoms with van der Waals surface area (Å²) in [5.74, 6) is 0.326. The van der Waals surface area contributed by atoms with Crippen molar-refractivity contribution in [3.63, 3.8) is 0 Å². The summed E-state index contributed by atoms with van der Waals surface area (Å²) in [6.45, 7) is 1.36. The smallest absolute Gasteiger partial charge is 0.264 e. The van der Waals surface area contributed by atoms with Crippen LogP contribution < -0.4 is 14.4 Å². The summed E-state index contributed by atoms with van der Waals surface area (Å²) in [7, 11) is -4.25. The molecule has 1 saturated carbocycles. The SMILES string of the molecule is Cc1ccc(S(=O)(=O)N(CC(=O)N(Cc2cccc(Cl)c2)C(Cc2ccccc2)C(=O)NC2CCCCC2)c2ccc(Oc3ccccc3)cc2)cc1. The van der Waals surface area contributed by atoms with Crippen LogP contribution in [0.5, 0.6) is 11.5 Å². The van der Waals surface area contributed by atoms with Gasteiger partial charge in [0.15, 0.2) is 0 Å². The monoisotopic (exact) mass is 749 g/mol. The zero-order chi connectivity index (χ0) is 37.2. The zero-order valence-electron chi connectivity index (χ0n) is 29.7. The molecule has 0 aliphatic heterocycles. The zero-order valence-corrected chi connectivity index (χ0v) is 31.3. The molecule has 2 amide bonds. The Labute approximate surface area is 317 Å². The fourth-order valence-corrected chi connectivity index (χ4v) is 8.23. The number of nitrogens with one attached hydrogen (secondary N) is 1. The molecule has 0 heterocycles. The Kier molecular flexibility index (Phi) is 12.5. The van der Waals surface area contributed by atoms with E-state index in [9.17, 15) is 18.0 Å². The van der Waals surface area contributed by atoms with Crippen LogP contribution in [-0.4, -0.2) is 43.8 Å². The van der Waals surface area contributed by atoms with Gasteiger partial charge in [-0.05, 0) is 91.6 Å². The molecule has 10 heteroatoms. The second-order valence-electron chi connectivity index (χ2n) is 13.4. The normalized spacial score (nSPS) is 13.8.